The third-order valence-corrected chi connectivity index (χ3v) is 6.50. The van der Waals surface area contributed by atoms with Crippen LogP contribution in [0.1, 0.15) is 37.3 Å². The number of hydrogen-bond donors (Lipinski definition) is 1. The van der Waals surface area contributed by atoms with Crippen molar-refractivity contribution in [2.24, 2.45) is 23.7 Å². The predicted molar refractivity (Wildman–Crippen MR) is 93.7 cm³/mol. The van der Waals surface area contributed by atoms with E-state index in [1.165, 1.54) is 4.90 Å². The van der Waals surface area contributed by atoms with Crippen LogP contribution in [0, 0.1) is 37.5 Å². The van der Waals surface area contributed by atoms with Gasteiger partial charge in [0, 0.05) is 5.69 Å². The van der Waals surface area contributed by atoms with Crippen molar-refractivity contribution in [1.82, 2.24) is 4.90 Å². The molecule has 3 amide bonds. The number of carbonyl (C=O) groups is 3. The Labute approximate surface area is 147 Å². The summed E-state index contributed by atoms with van der Waals surface area (Å²) in [5.41, 5.74) is 2.93. The number of aryl methyl sites for hydroxylation is 2. The van der Waals surface area contributed by atoms with Crippen LogP contribution in [0.15, 0.2) is 18.2 Å². The first-order chi connectivity index (χ1) is 11.9. The number of hydrogen-bond acceptors (Lipinski definition) is 3. The van der Waals surface area contributed by atoms with E-state index in [0.29, 0.717) is 17.5 Å². The Bertz CT molecular complexity index is 744. The van der Waals surface area contributed by atoms with E-state index >= 15 is 0 Å². The number of imide groups is 1. The van der Waals surface area contributed by atoms with Crippen LogP contribution in [-0.2, 0) is 14.4 Å². The highest BCUT2D eigenvalue weighted by Gasteiger charge is 2.62. The fourth-order valence-corrected chi connectivity index (χ4v) is 5.00. The first-order valence-electron chi connectivity index (χ1n) is 9.13. The minimum Gasteiger partial charge on any atom is -0.324 e. The number of nitrogens with zero attached hydrogens (tertiary/aromatic N) is 1. The van der Waals surface area contributed by atoms with Gasteiger partial charge in [0.15, 0.2) is 0 Å². The van der Waals surface area contributed by atoms with Gasteiger partial charge < -0.3 is 5.32 Å². The topological polar surface area (TPSA) is 66.5 Å². The molecule has 0 aromatic heterocycles. The molecular formula is C20H24N2O3. The van der Waals surface area contributed by atoms with Crippen molar-refractivity contribution in [3.8, 4) is 0 Å². The van der Waals surface area contributed by atoms with Crippen LogP contribution in [0.25, 0.3) is 0 Å². The summed E-state index contributed by atoms with van der Waals surface area (Å²) in [6.07, 6.45) is 3.09. The zero-order valence-corrected chi connectivity index (χ0v) is 14.9. The summed E-state index contributed by atoms with van der Waals surface area (Å²) in [5, 5.41) is 2.85. The van der Waals surface area contributed by atoms with Gasteiger partial charge in [-0.2, -0.15) is 0 Å². The number of anilines is 1. The van der Waals surface area contributed by atoms with E-state index in [2.05, 4.69) is 5.32 Å². The van der Waals surface area contributed by atoms with Crippen molar-refractivity contribution >= 4 is 23.4 Å². The average Bonchev–Trinajstić information content (AvgIpc) is 3.24. The number of rotatable bonds is 3. The molecule has 1 aliphatic heterocycles. The number of benzene rings is 1. The molecule has 2 saturated carbocycles. The highest BCUT2D eigenvalue weighted by Crippen LogP contribution is 2.56. The molecule has 1 aromatic carbocycles. The molecule has 2 aliphatic carbocycles. The van der Waals surface area contributed by atoms with E-state index in [1.54, 1.807) is 6.92 Å². The molecule has 5 heteroatoms. The first-order valence-corrected chi connectivity index (χ1v) is 9.13. The normalized spacial score (nSPS) is 31.4. The molecule has 3 aliphatic rings. The van der Waals surface area contributed by atoms with Crippen molar-refractivity contribution in [2.75, 3.05) is 5.32 Å². The molecule has 2 bridgehead atoms. The summed E-state index contributed by atoms with van der Waals surface area (Å²) < 4.78 is 0. The third-order valence-electron chi connectivity index (χ3n) is 6.50. The molecule has 25 heavy (non-hydrogen) atoms. The summed E-state index contributed by atoms with van der Waals surface area (Å²) in [5.74, 6) is -0.253. The van der Waals surface area contributed by atoms with Crippen molar-refractivity contribution in [3.05, 3.63) is 29.3 Å². The molecule has 4 rings (SSSR count). The molecule has 0 unspecified atom stereocenters. The Morgan fingerprint density at radius 2 is 1.68 bits per heavy atom. The molecule has 0 spiro atoms. The maximum absolute atomic E-state index is 12.8. The van der Waals surface area contributed by atoms with E-state index < -0.39 is 6.04 Å². The Hall–Kier alpha value is -2.17. The van der Waals surface area contributed by atoms with E-state index in [-0.39, 0.29) is 29.6 Å². The summed E-state index contributed by atoms with van der Waals surface area (Å²) in [6, 6.07) is 4.92. The summed E-state index contributed by atoms with van der Waals surface area (Å²) in [7, 11) is 0. The Morgan fingerprint density at radius 3 is 2.24 bits per heavy atom. The number of amides is 3. The van der Waals surface area contributed by atoms with Gasteiger partial charge in [0.1, 0.15) is 6.04 Å². The summed E-state index contributed by atoms with van der Waals surface area (Å²) in [4.78, 5) is 39.5. The summed E-state index contributed by atoms with van der Waals surface area (Å²) in [6.45, 7) is 5.65. The SMILES string of the molecule is Cc1ccc(NC(=O)[C@@H](C)N2C(=O)[C@H]3[C@@H]4CC[C@@H](C4)[C@@H]3C2=O)cc1C. The quantitative estimate of drug-likeness (QED) is 0.860. The van der Waals surface area contributed by atoms with Crippen molar-refractivity contribution in [3.63, 3.8) is 0 Å². The second kappa shape index (κ2) is 5.68. The van der Waals surface area contributed by atoms with E-state index in [0.717, 1.165) is 30.4 Å². The van der Waals surface area contributed by atoms with Gasteiger partial charge in [-0.05, 0) is 75.1 Å². The lowest BCUT2D eigenvalue weighted by Gasteiger charge is -2.24. The zero-order chi connectivity index (χ0) is 17.9. The zero-order valence-electron chi connectivity index (χ0n) is 14.9. The van der Waals surface area contributed by atoms with Crippen molar-refractivity contribution < 1.29 is 14.4 Å². The number of likely N-dealkylation sites (tertiary alicyclic amines) is 1. The minimum absolute atomic E-state index is 0.134. The third kappa shape index (κ3) is 2.40. The van der Waals surface area contributed by atoms with Crippen LogP contribution >= 0.6 is 0 Å². The largest absolute Gasteiger partial charge is 0.324 e. The molecule has 1 aromatic rings. The van der Waals surface area contributed by atoms with E-state index in [1.807, 2.05) is 32.0 Å². The maximum Gasteiger partial charge on any atom is 0.247 e. The fourth-order valence-electron chi connectivity index (χ4n) is 5.00. The van der Waals surface area contributed by atoms with Crippen LogP contribution < -0.4 is 5.32 Å². The van der Waals surface area contributed by atoms with Gasteiger partial charge in [-0.25, -0.2) is 0 Å². The molecule has 5 atom stereocenters. The second-order valence-corrected chi connectivity index (χ2v) is 7.90. The van der Waals surface area contributed by atoms with Crippen LogP contribution in [0.2, 0.25) is 0 Å². The molecule has 132 valence electrons. The van der Waals surface area contributed by atoms with Gasteiger partial charge in [-0.3, -0.25) is 19.3 Å². The summed E-state index contributed by atoms with van der Waals surface area (Å²) >= 11 is 0. The predicted octanol–water partition coefficient (Wildman–Crippen LogP) is 2.66. The molecule has 1 saturated heterocycles. The minimum atomic E-state index is -0.772. The monoisotopic (exact) mass is 340 g/mol. The highest BCUT2D eigenvalue weighted by molar-refractivity contribution is 6.10. The van der Waals surface area contributed by atoms with Crippen LogP contribution in [-0.4, -0.2) is 28.7 Å². The van der Waals surface area contributed by atoms with Gasteiger partial charge in [-0.1, -0.05) is 6.07 Å². The van der Waals surface area contributed by atoms with Crippen molar-refractivity contribution in [2.45, 2.75) is 46.1 Å². The van der Waals surface area contributed by atoms with Crippen LogP contribution in [0.4, 0.5) is 5.69 Å². The Kier molecular flexibility index (Phi) is 3.71. The smallest absolute Gasteiger partial charge is 0.247 e. The number of nitrogens with one attached hydrogen (secondary N) is 1. The van der Waals surface area contributed by atoms with Crippen LogP contribution in [0.3, 0.4) is 0 Å². The van der Waals surface area contributed by atoms with E-state index in [9.17, 15) is 14.4 Å². The molecular weight excluding hydrogens is 316 g/mol. The van der Waals surface area contributed by atoms with Gasteiger partial charge in [0.05, 0.1) is 11.8 Å². The number of fused-ring (bicyclic) bond motifs is 5. The maximum atomic E-state index is 12.8. The lowest BCUT2D eigenvalue weighted by molar-refractivity contribution is -0.146. The molecule has 3 fully saturated rings. The lowest BCUT2D eigenvalue weighted by atomic mass is 9.81. The second-order valence-electron chi connectivity index (χ2n) is 7.90. The Morgan fingerprint density at radius 1 is 1.08 bits per heavy atom. The average molecular weight is 340 g/mol. The van der Waals surface area contributed by atoms with Gasteiger partial charge in [0.25, 0.3) is 0 Å². The molecule has 0 radical (unpaired) electrons. The van der Waals surface area contributed by atoms with E-state index in [4.69, 9.17) is 0 Å². The molecule has 5 nitrogen and oxygen atoms in total. The number of carbonyl (C=O) groups excluding carboxylic acids is 3. The van der Waals surface area contributed by atoms with Gasteiger partial charge in [-0.15, -0.1) is 0 Å². The lowest BCUT2D eigenvalue weighted by Crippen LogP contribution is -2.46. The molecule has 1 N–H and O–H groups in total. The van der Waals surface area contributed by atoms with Gasteiger partial charge in [0.2, 0.25) is 17.7 Å². The highest BCUT2D eigenvalue weighted by atomic mass is 16.2. The standard InChI is InChI=1S/C20H24N2O3/c1-10-4-7-15(8-11(10)2)21-18(23)12(3)22-19(24)16-13-5-6-14(9-13)17(16)20(22)25/h4,7-8,12-14,16-17H,5-6,9H2,1-3H3,(H,21,23)/t12-,13-,14+,16+,17+/m1/s1. The van der Waals surface area contributed by atoms with Gasteiger partial charge >= 0.3 is 0 Å². The first kappa shape index (κ1) is 16.3. The van der Waals surface area contributed by atoms with Crippen LogP contribution in [0.5, 0.6) is 0 Å². The fraction of sp³-hybridized carbons (Fsp3) is 0.550. The molecule has 1 heterocycles. The Balaban J connectivity index is 1.51. The van der Waals surface area contributed by atoms with Crippen molar-refractivity contribution in [1.29, 1.82) is 0 Å².